The van der Waals surface area contributed by atoms with E-state index in [2.05, 4.69) is 33.2 Å². The second-order valence-corrected chi connectivity index (χ2v) is 6.02. The van der Waals surface area contributed by atoms with Crippen molar-refractivity contribution < 1.29 is 9.63 Å². The van der Waals surface area contributed by atoms with Crippen LogP contribution in [0.3, 0.4) is 0 Å². The topological polar surface area (TPSA) is 38.3 Å². The van der Waals surface area contributed by atoms with Crippen molar-refractivity contribution in [3.63, 3.8) is 0 Å². The lowest BCUT2D eigenvalue weighted by Gasteiger charge is -2.26. The number of nitrogens with one attached hydrogen (secondary N) is 1. The Bertz CT molecular complexity index is 227. The van der Waals surface area contributed by atoms with Gasteiger partial charge in [0.25, 0.3) is 0 Å². The maximum absolute atomic E-state index is 11.6. The highest BCUT2D eigenvalue weighted by atomic mass is 16.7. The van der Waals surface area contributed by atoms with Crippen molar-refractivity contribution in [3.8, 4) is 0 Å². The molecule has 1 aliphatic rings. The van der Waals surface area contributed by atoms with Gasteiger partial charge in [0.05, 0.1) is 6.10 Å². The van der Waals surface area contributed by atoms with Gasteiger partial charge in [-0.15, -0.1) is 0 Å². The highest BCUT2D eigenvalue weighted by molar-refractivity contribution is 5.75. The highest BCUT2D eigenvalue weighted by Crippen LogP contribution is 2.28. The number of hydroxylamine groups is 1. The Morgan fingerprint density at radius 2 is 1.94 bits per heavy atom. The van der Waals surface area contributed by atoms with E-state index in [9.17, 15) is 4.79 Å². The summed E-state index contributed by atoms with van der Waals surface area (Å²) in [4.78, 5) is 17.0. The largest absolute Gasteiger partial charge is 0.273 e. The van der Waals surface area contributed by atoms with Gasteiger partial charge in [-0.3, -0.25) is 9.63 Å². The Kier molecular flexibility index (Phi) is 4.78. The van der Waals surface area contributed by atoms with E-state index in [0.29, 0.717) is 12.3 Å². The first-order valence-corrected chi connectivity index (χ1v) is 6.34. The van der Waals surface area contributed by atoms with Gasteiger partial charge in [-0.1, -0.05) is 40.5 Å². The maximum Gasteiger partial charge on any atom is 0.243 e. The predicted molar refractivity (Wildman–Crippen MR) is 64.7 cm³/mol. The van der Waals surface area contributed by atoms with E-state index >= 15 is 0 Å². The first-order valence-electron chi connectivity index (χ1n) is 6.34. The zero-order valence-electron chi connectivity index (χ0n) is 11.0. The van der Waals surface area contributed by atoms with E-state index in [0.717, 1.165) is 12.8 Å². The van der Waals surface area contributed by atoms with Gasteiger partial charge < -0.3 is 0 Å². The quantitative estimate of drug-likeness (QED) is 0.750. The number of hydrogen-bond acceptors (Lipinski definition) is 2. The maximum atomic E-state index is 11.6. The summed E-state index contributed by atoms with van der Waals surface area (Å²) in [6.07, 6.45) is 5.38. The fourth-order valence-corrected chi connectivity index (χ4v) is 1.78. The summed E-state index contributed by atoms with van der Waals surface area (Å²) in [5.41, 5.74) is 2.76. The van der Waals surface area contributed by atoms with Gasteiger partial charge >= 0.3 is 0 Å². The molecule has 3 nitrogen and oxygen atoms in total. The first kappa shape index (κ1) is 13.5. The molecule has 0 aliphatic heterocycles. The lowest BCUT2D eigenvalue weighted by Crippen LogP contribution is -2.31. The zero-order valence-corrected chi connectivity index (χ0v) is 11.0. The molecule has 0 heterocycles. The minimum atomic E-state index is 0.00863. The number of carbonyl (C=O) groups is 1. The average molecular weight is 227 g/mol. The van der Waals surface area contributed by atoms with Gasteiger partial charge in [-0.25, -0.2) is 5.48 Å². The third-order valence-corrected chi connectivity index (χ3v) is 3.61. The number of amides is 1. The molecule has 3 heteroatoms. The van der Waals surface area contributed by atoms with Crippen LogP contribution in [0.5, 0.6) is 0 Å². The summed E-state index contributed by atoms with van der Waals surface area (Å²) in [6, 6.07) is 0. The van der Waals surface area contributed by atoms with Crippen LogP contribution in [-0.2, 0) is 9.63 Å². The first-order chi connectivity index (χ1) is 7.39. The van der Waals surface area contributed by atoms with Crippen molar-refractivity contribution in [3.05, 3.63) is 0 Å². The molecule has 0 aromatic carbocycles. The minimum Gasteiger partial charge on any atom is -0.273 e. The molecule has 0 aromatic rings. The Balaban J connectivity index is 2.20. The molecule has 16 heavy (non-hydrogen) atoms. The lowest BCUT2D eigenvalue weighted by atomic mass is 9.80. The Labute approximate surface area is 98.9 Å². The molecule has 1 unspecified atom stereocenters. The van der Waals surface area contributed by atoms with Gasteiger partial charge in [0.15, 0.2) is 0 Å². The summed E-state index contributed by atoms with van der Waals surface area (Å²) in [7, 11) is 0. The molecular weight excluding hydrogens is 202 g/mol. The SMILES string of the molecule is CC(CC(=O)NOC1CCCC1)C(C)(C)C. The number of hydrogen-bond donors (Lipinski definition) is 1. The normalized spacial score (nSPS) is 19.8. The minimum absolute atomic E-state index is 0.00863. The van der Waals surface area contributed by atoms with Gasteiger partial charge in [-0.2, -0.15) is 0 Å². The van der Waals surface area contributed by atoms with Crippen LogP contribution >= 0.6 is 0 Å². The molecular formula is C13H25NO2. The number of rotatable bonds is 4. The van der Waals surface area contributed by atoms with E-state index in [1.165, 1.54) is 12.8 Å². The van der Waals surface area contributed by atoms with Crippen molar-refractivity contribution >= 4 is 5.91 Å². The van der Waals surface area contributed by atoms with Crippen LogP contribution in [0.15, 0.2) is 0 Å². The second-order valence-electron chi connectivity index (χ2n) is 6.02. The molecule has 1 amide bonds. The summed E-state index contributed by atoms with van der Waals surface area (Å²) < 4.78 is 0. The highest BCUT2D eigenvalue weighted by Gasteiger charge is 2.23. The van der Waals surface area contributed by atoms with E-state index in [4.69, 9.17) is 4.84 Å². The van der Waals surface area contributed by atoms with Crippen LogP contribution in [0.1, 0.15) is 59.8 Å². The summed E-state index contributed by atoms with van der Waals surface area (Å²) >= 11 is 0. The van der Waals surface area contributed by atoms with Crippen molar-refractivity contribution in [2.45, 2.75) is 65.9 Å². The molecule has 1 atom stereocenters. The van der Waals surface area contributed by atoms with Crippen LogP contribution in [0.25, 0.3) is 0 Å². The monoisotopic (exact) mass is 227 g/mol. The van der Waals surface area contributed by atoms with Crippen LogP contribution in [-0.4, -0.2) is 12.0 Å². The summed E-state index contributed by atoms with van der Waals surface area (Å²) in [6.45, 7) is 8.57. The van der Waals surface area contributed by atoms with Gasteiger partial charge in [0, 0.05) is 6.42 Å². The van der Waals surface area contributed by atoms with Crippen molar-refractivity contribution in [1.29, 1.82) is 0 Å². The molecule has 1 saturated carbocycles. The van der Waals surface area contributed by atoms with Crippen molar-refractivity contribution in [1.82, 2.24) is 5.48 Å². The molecule has 0 radical (unpaired) electrons. The fraction of sp³-hybridized carbons (Fsp3) is 0.923. The molecule has 1 fully saturated rings. The molecule has 1 aliphatic carbocycles. The molecule has 94 valence electrons. The molecule has 0 aromatic heterocycles. The van der Waals surface area contributed by atoms with E-state index in [1.54, 1.807) is 0 Å². The Morgan fingerprint density at radius 3 is 2.44 bits per heavy atom. The summed E-state index contributed by atoms with van der Waals surface area (Å²) in [5.74, 6) is 0.369. The third kappa shape index (κ3) is 4.52. The Morgan fingerprint density at radius 1 is 1.38 bits per heavy atom. The average Bonchev–Trinajstić information content (AvgIpc) is 2.65. The van der Waals surface area contributed by atoms with Gasteiger partial charge in [0.1, 0.15) is 0 Å². The third-order valence-electron chi connectivity index (χ3n) is 3.61. The lowest BCUT2D eigenvalue weighted by molar-refractivity contribution is -0.139. The zero-order chi connectivity index (χ0) is 12.2. The van der Waals surface area contributed by atoms with E-state index in [1.807, 2.05) is 0 Å². The van der Waals surface area contributed by atoms with Crippen LogP contribution in [0.4, 0.5) is 0 Å². The van der Waals surface area contributed by atoms with Gasteiger partial charge in [-0.05, 0) is 24.2 Å². The molecule has 1 N–H and O–H groups in total. The van der Waals surface area contributed by atoms with Gasteiger partial charge in [0.2, 0.25) is 5.91 Å². The molecule has 0 bridgehead atoms. The molecule has 1 rings (SSSR count). The van der Waals surface area contributed by atoms with E-state index in [-0.39, 0.29) is 17.4 Å². The molecule has 0 spiro atoms. The van der Waals surface area contributed by atoms with Crippen LogP contribution in [0.2, 0.25) is 0 Å². The van der Waals surface area contributed by atoms with Crippen LogP contribution in [0, 0.1) is 11.3 Å². The standard InChI is InChI=1S/C13H25NO2/c1-10(13(2,3)4)9-12(15)14-16-11-7-5-6-8-11/h10-11H,5-9H2,1-4H3,(H,14,15). The second kappa shape index (κ2) is 5.67. The van der Waals surface area contributed by atoms with Crippen LogP contribution < -0.4 is 5.48 Å². The summed E-state index contributed by atoms with van der Waals surface area (Å²) in [5, 5.41) is 0. The predicted octanol–water partition coefficient (Wildman–Crippen LogP) is 3.05. The van der Waals surface area contributed by atoms with Crippen molar-refractivity contribution in [2.24, 2.45) is 11.3 Å². The Hall–Kier alpha value is -0.570. The number of carbonyl (C=O) groups excluding carboxylic acids is 1. The fourth-order valence-electron chi connectivity index (χ4n) is 1.78. The smallest absolute Gasteiger partial charge is 0.243 e. The molecule has 0 saturated heterocycles. The van der Waals surface area contributed by atoms with Crippen molar-refractivity contribution in [2.75, 3.05) is 0 Å². The van der Waals surface area contributed by atoms with E-state index < -0.39 is 0 Å².